The molecule has 0 aliphatic rings. The fraction of sp³-hybridized carbons (Fsp3) is 0.130. The maximum absolute atomic E-state index is 11.9. The van der Waals surface area contributed by atoms with E-state index in [9.17, 15) is 34.8 Å². The van der Waals surface area contributed by atoms with Crippen LogP contribution in [0.5, 0.6) is 0 Å². The van der Waals surface area contributed by atoms with Crippen molar-refractivity contribution in [2.45, 2.75) is 6.54 Å². The van der Waals surface area contributed by atoms with Crippen molar-refractivity contribution >= 4 is 31.9 Å². The minimum absolute atomic E-state index is 0.308. The monoisotopic (exact) mass is 534 g/mol. The Hall–Kier alpha value is -3.79. The predicted octanol–water partition coefficient (Wildman–Crippen LogP) is 6.54. The van der Waals surface area contributed by atoms with E-state index in [1.807, 2.05) is 53.4 Å². The van der Waals surface area contributed by atoms with E-state index in [1.165, 1.54) is 20.3 Å². The summed E-state index contributed by atoms with van der Waals surface area (Å²) in [5, 5.41) is 0. The number of esters is 2. The minimum atomic E-state index is -10.7. The van der Waals surface area contributed by atoms with Crippen LogP contribution in [0.2, 0.25) is 0 Å². The van der Waals surface area contributed by atoms with Crippen LogP contribution < -0.4 is 4.57 Å². The third kappa shape index (κ3) is 11.6. The molecule has 0 aliphatic carbocycles. The average molecular weight is 534 g/mol. The molecule has 0 amide bonds. The molecule has 3 aromatic rings. The van der Waals surface area contributed by atoms with Gasteiger partial charge in [0.1, 0.15) is 0 Å². The van der Waals surface area contributed by atoms with E-state index in [-0.39, 0.29) is 0 Å². The molecule has 0 fully saturated rings. The zero-order chi connectivity index (χ0) is 27.0. The van der Waals surface area contributed by atoms with Gasteiger partial charge in [0.25, 0.3) is 0 Å². The number of hydrogen-bond acceptors (Lipinski definition) is 5. The SMILES string of the molecule is COC(=O)c1cc(C[n+]2ccc(/C=C/c3ccncc3)cc2)cc(C(=O)OC)c1.F[P-](F)(F)(F)(F)F. The van der Waals surface area contributed by atoms with Crippen LogP contribution in [0.1, 0.15) is 37.4 Å². The van der Waals surface area contributed by atoms with Crippen LogP contribution in [0, 0.1) is 0 Å². The van der Waals surface area contributed by atoms with E-state index >= 15 is 0 Å². The number of benzene rings is 1. The normalized spacial score (nSPS) is 13.1. The number of ether oxygens (including phenoxy) is 2. The molecule has 0 atom stereocenters. The first-order valence-corrected chi connectivity index (χ1v) is 12.0. The molecule has 194 valence electrons. The Morgan fingerprint density at radius 1 is 0.806 bits per heavy atom. The molecule has 2 heterocycles. The Labute approximate surface area is 202 Å². The fourth-order valence-corrected chi connectivity index (χ4v) is 2.82. The maximum atomic E-state index is 11.9. The molecule has 0 N–H and O–H groups in total. The molecule has 2 aromatic heterocycles. The first kappa shape index (κ1) is 28.4. The number of methoxy groups -OCH3 is 2. The number of aromatic nitrogens is 2. The quantitative estimate of drug-likeness (QED) is 0.155. The van der Waals surface area contributed by atoms with Gasteiger partial charge in [-0.15, -0.1) is 0 Å². The molecular weight excluding hydrogens is 513 g/mol. The van der Waals surface area contributed by atoms with Crippen LogP contribution >= 0.6 is 7.81 Å². The van der Waals surface area contributed by atoms with E-state index in [4.69, 9.17) is 9.47 Å². The Kier molecular flexibility index (Phi) is 8.26. The van der Waals surface area contributed by atoms with Crippen molar-refractivity contribution < 1.29 is 48.8 Å². The van der Waals surface area contributed by atoms with Crippen LogP contribution in [-0.2, 0) is 16.0 Å². The van der Waals surface area contributed by atoms with Gasteiger partial charge in [-0.25, -0.2) is 14.2 Å². The number of nitrogens with zero attached hydrogens (tertiary/aromatic N) is 2. The molecule has 0 spiro atoms. The van der Waals surface area contributed by atoms with Crippen molar-refractivity contribution in [3.63, 3.8) is 0 Å². The standard InChI is InChI=1S/C23H21N2O4.F6P/c1-28-22(26)20-13-19(14-21(15-20)23(27)29-2)16-25-11-7-18(8-12-25)4-3-17-5-9-24-10-6-17;1-7(2,3,4,5)6/h3-15H,16H2,1-2H3;/q+1;-1/b4-3+;. The van der Waals surface area contributed by atoms with E-state index in [1.54, 1.807) is 24.5 Å². The molecule has 0 aliphatic heterocycles. The average Bonchev–Trinajstić information content (AvgIpc) is 2.81. The van der Waals surface area contributed by atoms with Gasteiger partial charge in [0.2, 0.25) is 0 Å². The Bertz CT molecular complexity index is 1200. The van der Waals surface area contributed by atoms with Crippen molar-refractivity contribution in [1.29, 1.82) is 0 Å². The molecular formula is C23H21F6N2O4P. The summed E-state index contributed by atoms with van der Waals surface area (Å²) in [5.41, 5.74) is 3.53. The molecule has 0 bridgehead atoms. The number of halogens is 6. The van der Waals surface area contributed by atoms with E-state index in [0.717, 1.165) is 16.7 Å². The van der Waals surface area contributed by atoms with Crippen molar-refractivity contribution in [2.75, 3.05) is 14.2 Å². The molecule has 3 rings (SSSR count). The van der Waals surface area contributed by atoms with Gasteiger partial charge in [0.05, 0.1) is 25.3 Å². The Morgan fingerprint density at radius 3 is 1.64 bits per heavy atom. The second-order valence-corrected chi connectivity index (χ2v) is 9.19. The third-order valence-electron chi connectivity index (χ3n) is 4.29. The zero-order valence-corrected chi connectivity index (χ0v) is 19.8. The Morgan fingerprint density at radius 2 is 1.22 bits per heavy atom. The van der Waals surface area contributed by atoms with Gasteiger partial charge >= 0.3 is 44.9 Å². The third-order valence-corrected chi connectivity index (χ3v) is 4.29. The molecule has 0 unspecified atom stereocenters. The van der Waals surface area contributed by atoms with Crippen molar-refractivity contribution in [3.8, 4) is 0 Å². The number of pyridine rings is 2. The van der Waals surface area contributed by atoms with Crippen LogP contribution in [0.25, 0.3) is 12.2 Å². The van der Waals surface area contributed by atoms with Gasteiger partial charge in [-0.1, -0.05) is 12.2 Å². The Balaban J connectivity index is 0.000000572. The molecule has 0 saturated heterocycles. The summed E-state index contributed by atoms with van der Waals surface area (Å²) in [6, 6.07) is 12.7. The summed E-state index contributed by atoms with van der Waals surface area (Å²) in [4.78, 5) is 27.8. The van der Waals surface area contributed by atoms with Crippen LogP contribution in [0.4, 0.5) is 25.2 Å². The summed E-state index contributed by atoms with van der Waals surface area (Å²) in [6.45, 7) is 0.489. The molecule has 0 saturated carbocycles. The van der Waals surface area contributed by atoms with E-state index < -0.39 is 19.7 Å². The topological polar surface area (TPSA) is 69.4 Å². The van der Waals surface area contributed by atoms with Crippen molar-refractivity contribution in [3.05, 3.63) is 95.1 Å². The molecule has 0 radical (unpaired) electrons. The second-order valence-electron chi connectivity index (χ2n) is 7.28. The molecule has 6 nitrogen and oxygen atoms in total. The van der Waals surface area contributed by atoms with Gasteiger partial charge in [-0.3, -0.25) is 4.98 Å². The number of carbonyl (C=O) groups excluding carboxylic acids is 2. The summed E-state index contributed by atoms with van der Waals surface area (Å²) in [5.74, 6) is -1.00. The number of carbonyl (C=O) groups is 2. The fourth-order valence-electron chi connectivity index (χ4n) is 2.82. The zero-order valence-electron chi connectivity index (χ0n) is 19.0. The summed E-state index contributed by atoms with van der Waals surface area (Å²) < 4.78 is 70.7. The molecule has 36 heavy (non-hydrogen) atoms. The van der Waals surface area contributed by atoms with Crippen LogP contribution in [-0.4, -0.2) is 31.1 Å². The van der Waals surface area contributed by atoms with E-state index in [0.29, 0.717) is 17.7 Å². The first-order valence-electron chi connectivity index (χ1n) is 9.98. The van der Waals surface area contributed by atoms with E-state index in [2.05, 4.69) is 4.98 Å². The van der Waals surface area contributed by atoms with Crippen LogP contribution in [0.15, 0.2) is 67.3 Å². The molecule has 1 aromatic carbocycles. The second kappa shape index (κ2) is 10.4. The number of rotatable bonds is 6. The number of hydrogen-bond donors (Lipinski definition) is 0. The van der Waals surface area contributed by atoms with Gasteiger partial charge in [0, 0.05) is 30.1 Å². The van der Waals surface area contributed by atoms with Crippen molar-refractivity contribution in [2.24, 2.45) is 0 Å². The summed E-state index contributed by atoms with van der Waals surface area (Å²) in [6.07, 6.45) is 11.4. The predicted molar refractivity (Wildman–Crippen MR) is 122 cm³/mol. The van der Waals surface area contributed by atoms with Gasteiger partial charge in [0.15, 0.2) is 18.9 Å². The van der Waals surface area contributed by atoms with Gasteiger partial charge < -0.3 is 9.47 Å². The summed E-state index contributed by atoms with van der Waals surface area (Å²) >= 11 is 0. The first-order chi connectivity index (χ1) is 16.5. The summed E-state index contributed by atoms with van der Waals surface area (Å²) in [7, 11) is -8.05. The van der Waals surface area contributed by atoms with Gasteiger partial charge in [-0.05, 0) is 41.5 Å². The van der Waals surface area contributed by atoms with Crippen molar-refractivity contribution in [1.82, 2.24) is 4.98 Å². The van der Waals surface area contributed by atoms with Crippen LogP contribution in [0.3, 0.4) is 0 Å². The van der Waals surface area contributed by atoms with Gasteiger partial charge in [-0.2, -0.15) is 0 Å². The molecule has 13 heteroatoms.